The molecule has 0 fully saturated rings. The first-order chi connectivity index (χ1) is 13.6. The van der Waals surface area contributed by atoms with E-state index in [1.165, 1.54) is 6.07 Å². The van der Waals surface area contributed by atoms with Crippen LogP contribution in [-0.4, -0.2) is 26.6 Å². The SMILES string of the molecule is Cc1nn(CCC(=O)Nc2c(C(N)=O)sc3nc(C(F)F)cc(C)c23)c(C)c1Br. The number of thiophene rings is 1. The number of fused-ring (bicyclic) bond motifs is 1. The number of carbonyl (C=O) groups excluding carboxylic acids is 2. The summed E-state index contributed by atoms with van der Waals surface area (Å²) in [6, 6.07) is 1.24. The average Bonchev–Trinajstić information content (AvgIpc) is 3.13. The molecule has 0 aromatic carbocycles. The molecule has 3 rings (SSSR count). The number of aromatic nitrogens is 3. The molecular formula is C18H18BrF2N5O2S. The van der Waals surface area contributed by atoms with Gasteiger partial charge in [-0.3, -0.25) is 14.3 Å². The lowest BCUT2D eigenvalue weighted by molar-refractivity contribution is -0.116. The number of hydrogen-bond acceptors (Lipinski definition) is 5. The van der Waals surface area contributed by atoms with Crippen LogP contribution in [0.4, 0.5) is 14.5 Å². The second-order valence-corrected chi connectivity index (χ2v) is 8.31. The summed E-state index contributed by atoms with van der Waals surface area (Å²) in [4.78, 5) is 28.6. The van der Waals surface area contributed by atoms with E-state index in [4.69, 9.17) is 5.73 Å². The Labute approximate surface area is 177 Å². The molecule has 0 saturated heterocycles. The first-order valence-electron chi connectivity index (χ1n) is 8.61. The lowest BCUT2D eigenvalue weighted by atomic mass is 10.1. The first kappa shape index (κ1) is 21.3. The Morgan fingerprint density at radius 1 is 1.34 bits per heavy atom. The third kappa shape index (κ3) is 4.15. The fraction of sp³-hybridized carbons (Fsp3) is 0.333. The highest BCUT2D eigenvalue weighted by Gasteiger charge is 2.23. The van der Waals surface area contributed by atoms with Crippen LogP contribution in [-0.2, 0) is 11.3 Å². The number of hydrogen-bond donors (Lipinski definition) is 2. The zero-order valence-electron chi connectivity index (χ0n) is 15.8. The largest absolute Gasteiger partial charge is 0.365 e. The maximum absolute atomic E-state index is 13.0. The van der Waals surface area contributed by atoms with Crippen molar-refractivity contribution < 1.29 is 18.4 Å². The molecule has 3 aromatic heterocycles. The van der Waals surface area contributed by atoms with Crippen LogP contribution in [0, 0.1) is 20.8 Å². The average molecular weight is 486 g/mol. The molecule has 0 aliphatic rings. The van der Waals surface area contributed by atoms with Gasteiger partial charge in [0.2, 0.25) is 5.91 Å². The lowest BCUT2D eigenvalue weighted by Gasteiger charge is -2.09. The Balaban J connectivity index is 1.89. The van der Waals surface area contributed by atoms with Gasteiger partial charge in [-0.1, -0.05) is 0 Å². The van der Waals surface area contributed by atoms with Gasteiger partial charge in [-0.05, 0) is 48.3 Å². The van der Waals surface area contributed by atoms with E-state index < -0.39 is 12.3 Å². The van der Waals surface area contributed by atoms with Gasteiger partial charge < -0.3 is 11.1 Å². The summed E-state index contributed by atoms with van der Waals surface area (Å²) in [6.07, 6.45) is -2.64. The van der Waals surface area contributed by atoms with Crippen molar-refractivity contribution in [1.29, 1.82) is 0 Å². The van der Waals surface area contributed by atoms with Gasteiger partial charge in [0.15, 0.2) is 0 Å². The number of rotatable bonds is 6. The maximum atomic E-state index is 13.0. The number of alkyl halides is 2. The maximum Gasteiger partial charge on any atom is 0.280 e. The summed E-state index contributed by atoms with van der Waals surface area (Å²) in [6.45, 7) is 5.70. The number of carbonyl (C=O) groups is 2. The van der Waals surface area contributed by atoms with Gasteiger partial charge in [0.05, 0.1) is 22.4 Å². The van der Waals surface area contributed by atoms with E-state index >= 15 is 0 Å². The van der Waals surface area contributed by atoms with E-state index in [0.717, 1.165) is 27.2 Å². The lowest BCUT2D eigenvalue weighted by Crippen LogP contribution is -2.18. The number of nitrogens with zero attached hydrogens (tertiary/aromatic N) is 3. The van der Waals surface area contributed by atoms with Crippen molar-refractivity contribution in [2.24, 2.45) is 5.73 Å². The Morgan fingerprint density at radius 3 is 2.59 bits per heavy atom. The van der Waals surface area contributed by atoms with Crippen LogP contribution in [0.3, 0.4) is 0 Å². The number of aryl methyl sites for hydroxylation is 3. The highest BCUT2D eigenvalue weighted by atomic mass is 79.9. The molecular weight excluding hydrogens is 468 g/mol. The number of halogens is 3. The van der Waals surface area contributed by atoms with Gasteiger partial charge in [0.1, 0.15) is 15.4 Å². The number of nitrogens with two attached hydrogens (primary N) is 1. The summed E-state index contributed by atoms with van der Waals surface area (Å²) in [7, 11) is 0. The predicted octanol–water partition coefficient (Wildman–Crippen LogP) is 4.25. The minimum absolute atomic E-state index is 0.0734. The molecule has 3 aromatic rings. The normalized spacial score (nSPS) is 11.4. The third-order valence-electron chi connectivity index (χ3n) is 4.43. The fourth-order valence-electron chi connectivity index (χ4n) is 3.01. The van der Waals surface area contributed by atoms with E-state index in [1.54, 1.807) is 11.6 Å². The quantitative estimate of drug-likeness (QED) is 0.544. The van der Waals surface area contributed by atoms with Crippen molar-refractivity contribution in [3.63, 3.8) is 0 Å². The first-order valence-corrected chi connectivity index (χ1v) is 10.2. The van der Waals surface area contributed by atoms with Crippen molar-refractivity contribution in [2.45, 2.75) is 40.2 Å². The van der Waals surface area contributed by atoms with Crippen molar-refractivity contribution >= 4 is 55.0 Å². The molecule has 154 valence electrons. The molecule has 2 amide bonds. The molecule has 0 saturated carbocycles. The summed E-state index contributed by atoms with van der Waals surface area (Å²) >= 11 is 4.32. The van der Waals surface area contributed by atoms with Crippen LogP contribution in [0.15, 0.2) is 10.5 Å². The Bertz CT molecular complexity index is 1130. The number of primary amides is 1. The molecule has 0 radical (unpaired) electrons. The van der Waals surface area contributed by atoms with Gasteiger partial charge in [-0.15, -0.1) is 11.3 Å². The predicted molar refractivity (Wildman–Crippen MR) is 110 cm³/mol. The molecule has 0 unspecified atom stereocenters. The van der Waals surface area contributed by atoms with Gasteiger partial charge in [0, 0.05) is 17.5 Å². The highest BCUT2D eigenvalue weighted by molar-refractivity contribution is 9.10. The minimum atomic E-state index is -2.74. The van der Waals surface area contributed by atoms with E-state index in [1.807, 2.05) is 13.8 Å². The van der Waals surface area contributed by atoms with Gasteiger partial charge in [-0.2, -0.15) is 5.10 Å². The molecule has 0 bridgehead atoms. The second-order valence-electron chi connectivity index (χ2n) is 6.52. The Kier molecular flexibility index (Phi) is 5.99. The zero-order chi connectivity index (χ0) is 21.5. The number of nitrogens with one attached hydrogen (secondary N) is 1. The monoisotopic (exact) mass is 485 g/mol. The summed E-state index contributed by atoms with van der Waals surface area (Å²) < 4.78 is 28.7. The fourth-order valence-corrected chi connectivity index (χ4v) is 4.36. The van der Waals surface area contributed by atoms with Crippen molar-refractivity contribution in [3.05, 3.63) is 38.1 Å². The number of anilines is 1. The molecule has 3 N–H and O–H groups in total. The number of amides is 2. The second kappa shape index (κ2) is 8.15. The summed E-state index contributed by atoms with van der Waals surface area (Å²) in [5.74, 6) is -1.11. The van der Waals surface area contributed by atoms with Gasteiger partial charge in [-0.25, -0.2) is 13.8 Å². The molecule has 3 heterocycles. The number of pyridine rings is 1. The molecule has 0 aliphatic carbocycles. The van der Waals surface area contributed by atoms with Crippen LogP contribution >= 0.6 is 27.3 Å². The molecule has 29 heavy (non-hydrogen) atoms. The molecule has 11 heteroatoms. The van der Waals surface area contributed by atoms with Crippen LogP contribution in [0.2, 0.25) is 0 Å². The molecule has 0 aliphatic heterocycles. The molecule has 0 atom stereocenters. The van der Waals surface area contributed by atoms with E-state index in [2.05, 4.69) is 31.3 Å². The Hall–Kier alpha value is -2.40. The van der Waals surface area contributed by atoms with Crippen LogP contribution < -0.4 is 11.1 Å². The van der Waals surface area contributed by atoms with Crippen molar-refractivity contribution in [2.75, 3.05) is 5.32 Å². The van der Waals surface area contributed by atoms with Crippen molar-refractivity contribution in [3.8, 4) is 0 Å². The topological polar surface area (TPSA) is 103 Å². The standard InChI is InChI=1S/C18H18BrF2N5O2S/c1-7-6-10(16(20)21)23-18-12(7)14(15(29-18)17(22)28)24-11(27)4-5-26-9(3)13(19)8(2)25-26/h6,16H,4-5H2,1-3H3,(H2,22,28)(H,24,27). The smallest absolute Gasteiger partial charge is 0.280 e. The molecule has 0 spiro atoms. The Morgan fingerprint density at radius 2 is 2.03 bits per heavy atom. The van der Waals surface area contributed by atoms with Crippen molar-refractivity contribution in [1.82, 2.24) is 14.8 Å². The zero-order valence-corrected chi connectivity index (χ0v) is 18.2. The third-order valence-corrected chi connectivity index (χ3v) is 6.68. The summed E-state index contributed by atoms with van der Waals surface area (Å²) in [5, 5.41) is 7.50. The van der Waals surface area contributed by atoms with Crippen LogP contribution in [0.1, 0.15) is 45.2 Å². The van der Waals surface area contributed by atoms with Gasteiger partial charge >= 0.3 is 0 Å². The van der Waals surface area contributed by atoms with E-state index in [-0.39, 0.29) is 33.4 Å². The van der Waals surface area contributed by atoms with Crippen LogP contribution in [0.5, 0.6) is 0 Å². The van der Waals surface area contributed by atoms with Crippen LogP contribution in [0.25, 0.3) is 10.2 Å². The summed E-state index contributed by atoms with van der Waals surface area (Å²) in [5.41, 5.74) is 7.45. The minimum Gasteiger partial charge on any atom is -0.365 e. The van der Waals surface area contributed by atoms with E-state index in [9.17, 15) is 18.4 Å². The highest BCUT2D eigenvalue weighted by Crippen LogP contribution is 2.38. The molecule has 7 nitrogen and oxygen atoms in total. The van der Waals surface area contributed by atoms with E-state index in [0.29, 0.717) is 17.5 Å². The van der Waals surface area contributed by atoms with Gasteiger partial charge in [0.25, 0.3) is 12.3 Å².